The molecule has 6 rings (SSSR count). The van der Waals surface area contributed by atoms with Gasteiger partial charge in [0.15, 0.2) is 0 Å². The third-order valence-corrected chi connectivity index (χ3v) is 9.42. The first kappa shape index (κ1) is 48.5. The van der Waals surface area contributed by atoms with Crippen molar-refractivity contribution in [1.29, 1.82) is 0 Å². The summed E-state index contributed by atoms with van der Waals surface area (Å²) in [5.41, 5.74) is 9.01. The van der Waals surface area contributed by atoms with Crippen molar-refractivity contribution in [3.8, 4) is 5.75 Å². The third-order valence-electron chi connectivity index (χ3n) is 7.44. The standard InChI is InChI=1S/C14H14S.C13H13NO.C9H12S.C8H10.C5H10.C2H6/c1-12-7-9-14(10-8-12)15-11-13-5-3-2-4-6-13;1-11-4-6-13(7-5-11)15-10-12-3-2-8-14-9-12;1-3-10-9-6-4-8(2)5-7-9;1-7-3-5-8(2)6-4-7;1-3-5-4-2;1-2/h2-10H,11H2,1H3;2-9H,10H2,1H3;4-7H,3H2,1-2H3;3-6H,1-2H3;3,5H,4H2,1-2H3;1-2H3/b;;;;5-3+;. The molecule has 0 N–H and O–H groups in total. The second-order valence-electron chi connectivity index (χ2n) is 12.4. The van der Waals surface area contributed by atoms with Gasteiger partial charge < -0.3 is 4.74 Å². The number of benzene rings is 5. The second-order valence-corrected chi connectivity index (χ2v) is 14.8. The van der Waals surface area contributed by atoms with E-state index in [1.54, 1.807) is 6.20 Å². The molecule has 0 aliphatic heterocycles. The van der Waals surface area contributed by atoms with Crippen LogP contribution in [0.15, 0.2) is 174 Å². The molecular weight excluding hydrogens is 707 g/mol. The van der Waals surface area contributed by atoms with E-state index in [9.17, 15) is 0 Å². The minimum absolute atomic E-state index is 0.566. The van der Waals surface area contributed by atoms with Gasteiger partial charge in [0.2, 0.25) is 0 Å². The molecule has 0 saturated heterocycles. The van der Waals surface area contributed by atoms with E-state index in [1.807, 2.05) is 86.9 Å². The number of allylic oxidation sites excluding steroid dienone is 2. The predicted molar refractivity (Wildman–Crippen MR) is 247 cm³/mol. The van der Waals surface area contributed by atoms with E-state index in [1.165, 1.54) is 43.2 Å². The van der Waals surface area contributed by atoms with Gasteiger partial charge in [-0.3, -0.25) is 4.98 Å². The quantitative estimate of drug-likeness (QED) is 0.108. The summed E-state index contributed by atoms with van der Waals surface area (Å²) < 4.78 is 5.61. The van der Waals surface area contributed by atoms with Gasteiger partial charge in [0.05, 0.1) is 0 Å². The van der Waals surface area contributed by atoms with E-state index in [-0.39, 0.29) is 0 Å². The number of aromatic nitrogens is 1. The molecule has 0 radical (unpaired) electrons. The normalized spacial score (nSPS) is 9.64. The number of hydrogen-bond acceptors (Lipinski definition) is 4. The molecule has 0 amide bonds. The lowest BCUT2D eigenvalue weighted by atomic mass is 10.2. The maximum absolute atomic E-state index is 5.61. The van der Waals surface area contributed by atoms with Gasteiger partial charge in [0, 0.05) is 33.5 Å². The molecule has 0 fully saturated rings. The molecule has 6 aromatic rings. The van der Waals surface area contributed by atoms with Gasteiger partial charge in [0.1, 0.15) is 12.4 Å². The van der Waals surface area contributed by atoms with Crippen LogP contribution in [0.4, 0.5) is 0 Å². The summed E-state index contributed by atoms with van der Waals surface area (Å²) in [4.78, 5) is 6.74. The number of hydrogen-bond donors (Lipinski definition) is 0. The van der Waals surface area contributed by atoms with E-state index in [4.69, 9.17) is 4.74 Å². The molecule has 0 saturated carbocycles. The first-order valence-electron chi connectivity index (χ1n) is 19.4. The summed E-state index contributed by atoms with van der Waals surface area (Å²) in [5, 5.41) is 0. The Morgan fingerprint density at radius 3 is 1.36 bits per heavy atom. The fraction of sp³-hybridized carbons (Fsp3) is 0.275. The van der Waals surface area contributed by atoms with Crippen molar-refractivity contribution in [3.05, 3.63) is 203 Å². The lowest BCUT2D eigenvalue weighted by molar-refractivity contribution is 0.305. The van der Waals surface area contributed by atoms with Gasteiger partial charge >= 0.3 is 0 Å². The largest absolute Gasteiger partial charge is 0.489 e. The van der Waals surface area contributed by atoms with Crippen molar-refractivity contribution in [2.45, 2.75) is 97.8 Å². The second kappa shape index (κ2) is 31.8. The van der Waals surface area contributed by atoms with Crippen LogP contribution >= 0.6 is 23.5 Å². The lowest BCUT2D eigenvalue weighted by Crippen LogP contribution is -1.95. The lowest BCUT2D eigenvalue weighted by Gasteiger charge is -2.05. The first-order chi connectivity index (χ1) is 26.7. The van der Waals surface area contributed by atoms with Crippen LogP contribution in [0.25, 0.3) is 0 Å². The number of aryl methyl sites for hydroxylation is 5. The van der Waals surface area contributed by atoms with Crippen molar-refractivity contribution in [2.75, 3.05) is 5.75 Å². The molecule has 0 aliphatic carbocycles. The Bertz CT molecular complexity index is 1660. The summed E-state index contributed by atoms with van der Waals surface area (Å²) in [5.74, 6) is 3.09. The van der Waals surface area contributed by atoms with Crippen LogP contribution < -0.4 is 4.74 Å². The highest BCUT2D eigenvalue weighted by Crippen LogP contribution is 2.22. The molecular formula is C51H65NOS2. The van der Waals surface area contributed by atoms with Crippen molar-refractivity contribution < 1.29 is 4.74 Å². The Morgan fingerprint density at radius 2 is 0.964 bits per heavy atom. The van der Waals surface area contributed by atoms with Gasteiger partial charge in [-0.15, -0.1) is 23.5 Å². The van der Waals surface area contributed by atoms with Crippen molar-refractivity contribution in [3.63, 3.8) is 0 Å². The van der Waals surface area contributed by atoms with Crippen molar-refractivity contribution in [1.82, 2.24) is 4.98 Å². The molecule has 0 aliphatic rings. The molecule has 55 heavy (non-hydrogen) atoms. The highest BCUT2D eigenvalue weighted by Gasteiger charge is 1.96. The van der Waals surface area contributed by atoms with Crippen molar-refractivity contribution >= 4 is 23.5 Å². The summed E-state index contributed by atoms with van der Waals surface area (Å²) in [6.45, 7) is 21.4. The van der Waals surface area contributed by atoms with Crippen LogP contribution in [0.2, 0.25) is 0 Å². The molecule has 0 bridgehead atoms. The van der Waals surface area contributed by atoms with Gasteiger partial charge in [0.25, 0.3) is 0 Å². The summed E-state index contributed by atoms with van der Waals surface area (Å²) in [6, 6.07) is 48.3. The van der Waals surface area contributed by atoms with Crippen LogP contribution in [-0.2, 0) is 12.4 Å². The van der Waals surface area contributed by atoms with E-state index in [0.717, 1.165) is 29.2 Å². The summed E-state index contributed by atoms with van der Waals surface area (Å²) in [7, 11) is 0. The minimum atomic E-state index is 0.566. The third kappa shape index (κ3) is 25.2. The average molecular weight is 772 g/mol. The average Bonchev–Trinajstić information content (AvgIpc) is 3.22. The molecule has 0 unspecified atom stereocenters. The molecule has 5 aromatic carbocycles. The predicted octanol–water partition coefficient (Wildman–Crippen LogP) is 15.7. The molecule has 1 aromatic heterocycles. The smallest absolute Gasteiger partial charge is 0.119 e. The van der Waals surface area contributed by atoms with Crippen LogP contribution in [0, 0.1) is 34.6 Å². The topological polar surface area (TPSA) is 22.1 Å². The van der Waals surface area contributed by atoms with E-state index in [0.29, 0.717) is 6.61 Å². The number of ether oxygens (including phenoxy) is 1. The maximum atomic E-state index is 5.61. The van der Waals surface area contributed by atoms with E-state index in [2.05, 4.69) is 169 Å². The molecule has 2 nitrogen and oxygen atoms in total. The zero-order chi connectivity index (χ0) is 40.5. The monoisotopic (exact) mass is 771 g/mol. The zero-order valence-electron chi connectivity index (χ0n) is 35.1. The number of nitrogens with zero attached hydrogens (tertiary/aromatic N) is 1. The fourth-order valence-corrected chi connectivity index (χ4v) is 5.85. The van der Waals surface area contributed by atoms with Crippen LogP contribution in [-0.4, -0.2) is 10.7 Å². The first-order valence-corrected chi connectivity index (χ1v) is 21.3. The van der Waals surface area contributed by atoms with E-state index >= 15 is 0 Å². The Hall–Kier alpha value is -4.51. The van der Waals surface area contributed by atoms with Gasteiger partial charge in [-0.25, -0.2) is 0 Å². The molecule has 292 valence electrons. The number of pyridine rings is 1. The highest BCUT2D eigenvalue weighted by atomic mass is 32.2. The zero-order valence-corrected chi connectivity index (χ0v) is 36.7. The minimum Gasteiger partial charge on any atom is -0.489 e. The van der Waals surface area contributed by atoms with Gasteiger partial charge in [-0.1, -0.05) is 165 Å². The number of rotatable bonds is 9. The van der Waals surface area contributed by atoms with Crippen LogP contribution in [0.5, 0.6) is 5.75 Å². The van der Waals surface area contributed by atoms with Crippen molar-refractivity contribution in [2.24, 2.45) is 0 Å². The molecule has 0 spiro atoms. The SMILES string of the molecule is C/C=C/CC.CC.CCSc1ccc(C)cc1.Cc1ccc(C)cc1.Cc1ccc(OCc2cccnc2)cc1.Cc1ccc(SCc2ccccc2)cc1. The molecule has 1 heterocycles. The summed E-state index contributed by atoms with van der Waals surface area (Å²) in [6.07, 6.45) is 8.92. The van der Waals surface area contributed by atoms with E-state index < -0.39 is 0 Å². The Morgan fingerprint density at radius 1 is 0.527 bits per heavy atom. The van der Waals surface area contributed by atoms with Crippen LogP contribution in [0.3, 0.4) is 0 Å². The number of thioether (sulfide) groups is 2. The molecule has 4 heteroatoms. The highest BCUT2D eigenvalue weighted by molar-refractivity contribution is 7.99. The maximum Gasteiger partial charge on any atom is 0.119 e. The van der Waals surface area contributed by atoms with Gasteiger partial charge in [-0.2, -0.15) is 0 Å². The van der Waals surface area contributed by atoms with Crippen LogP contribution in [0.1, 0.15) is 80.0 Å². The molecule has 0 atom stereocenters. The Kier molecular flexibility index (Phi) is 28.0. The fourth-order valence-electron chi connectivity index (χ4n) is 4.33. The Labute approximate surface area is 343 Å². The van der Waals surface area contributed by atoms with Gasteiger partial charge in [-0.05, 0) is 102 Å². The summed E-state index contributed by atoms with van der Waals surface area (Å²) >= 11 is 3.77. The Balaban J connectivity index is 0.000000355.